The Balaban J connectivity index is 0.000000186. The number of anilines is 1. The average Bonchev–Trinajstić information content (AvgIpc) is 2.51. The third-order valence-corrected chi connectivity index (χ3v) is 3.81. The fourth-order valence-corrected chi connectivity index (χ4v) is 2.68. The minimum absolute atomic E-state index is 1.11. The van der Waals surface area contributed by atoms with Crippen molar-refractivity contribution in [2.75, 3.05) is 31.1 Å². The van der Waals surface area contributed by atoms with Crippen molar-refractivity contribution in [3.05, 3.63) is 24.0 Å². The number of pyridine rings is 1. The molecule has 0 saturated carbocycles. The Morgan fingerprint density at radius 1 is 1.00 bits per heavy atom. The summed E-state index contributed by atoms with van der Waals surface area (Å²) in [6, 6.07) is 4.28. The van der Waals surface area contributed by atoms with E-state index in [0.717, 1.165) is 5.69 Å². The second-order valence-electron chi connectivity index (χ2n) is 5.51. The number of hydrogen-bond acceptors (Lipinski definition) is 3. The van der Waals surface area contributed by atoms with E-state index in [9.17, 15) is 0 Å². The van der Waals surface area contributed by atoms with Crippen LogP contribution in [-0.4, -0.2) is 31.2 Å². The van der Waals surface area contributed by atoms with E-state index in [0.29, 0.717) is 0 Å². The summed E-state index contributed by atoms with van der Waals surface area (Å²) in [5, 5.41) is 3.28. The number of rotatable bonds is 1. The van der Waals surface area contributed by atoms with Crippen molar-refractivity contribution in [2.24, 2.45) is 0 Å². The van der Waals surface area contributed by atoms with Gasteiger partial charge in [-0.1, -0.05) is 6.42 Å². The van der Waals surface area contributed by atoms with E-state index < -0.39 is 0 Å². The first-order valence-electron chi connectivity index (χ1n) is 7.74. The predicted molar refractivity (Wildman–Crippen MR) is 81.8 cm³/mol. The fraction of sp³-hybridized carbons (Fsp3) is 0.688. The molecule has 1 aromatic rings. The molecule has 2 saturated heterocycles. The molecule has 0 aromatic carbocycles. The Morgan fingerprint density at radius 2 is 1.68 bits per heavy atom. The maximum atomic E-state index is 4.21. The molecule has 0 bridgehead atoms. The monoisotopic (exact) mass is 261 g/mol. The number of nitrogens with zero attached hydrogens (tertiary/aromatic N) is 2. The van der Waals surface area contributed by atoms with Gasteiger partial charge < -0.3 is 10.2 Å². The summed E-state index contributed by atoms with van der Waals surface area (Å²) in [7, 11) is 0. The smallest absolute Gasteiger partial charge is 0.0399 e. The van der Waals surface area contributed by atoms with E-state index in [1.165, 1.54) is 70.4 Å². The first-order chi connectivity index (χ1) is 9.36. The van der Waals surface area contributed by atoms with Gasteiger partial charge in [-0.05, 0) is 64.3 Å². The zero-order valence-corrected chi connectivity index (χ0v) is 12.2. The molecule has 106 valence electrons. The summed E-state index contributed by atoms with van der Waals surface area (Å²) in [4.78, 5) is 6.66. The average molecular weight is 261 g/mol. The SMILES string of the molecule is C1CCNCC1.Cc1cc(N2CCCCC2)ccn1. The molecule has 2 aliphatic heterocycles. The Bertz CT molecular complexity index is 343. The summed E-state index contributed by atoms with van der Waals surface area (Å²) in [6.45, 7) is 6.97. The van der Waals surface area contributed by atoms with Crippen molar-refractivity contribution in [3.8, 4) is 0 Å². The summed E-state index contributed by atoms with van der Waals surface area (Å²) >= 11 is 0. The minimum atomic E-state index is 1.11. The van der Waals surface area contributed by atoms with Crippen LogP contribution in [-0.2, 0) is 0 Å². The molecule has 1 N–H and O–H groups in total. The minimum Gasteiger partial charge on any atom is -0.371 e. The van der Waals surface area contributed by atoms with Gasteiger partial charge in [0.15, 0.2) is 0 Å². The van der Waals surface area contributed by atoms with Gasteiger partial charge in [-0.2, -0.15) is 0 Å². The van der Waals surface area contributed by atoms with Crippen LogP contribution >= 0.6 is 0 Å². The van der Waals surface area contributed by atoms with E-state index in [1.807, 2.05) is 13.1 Å². The molecule has 0 atom stereocenters. The molecule has 3 rings (SSSR count). The van der Waals surface area contributed by atoms with Crippen LogP contribution in [0.4, 0.5) is 5.69 Å². The molecular formula is C16H27N3. The lowest BCUT2D eigenvalue weighted by Gasteiger charge is -2.28. The summed E-state index contributed by atoms with van der Waals surface area (Å²) in [5.74, 6) is 0. The second kappa shape index (κ2) is 8.16. The van der Waals surface area contributed by atoms with E-state index >= 15 is 0 Å². The molecule has 0 radical (unpaired) electrons. The number of aryl methyl sites for hydroxylation is 1. The van der Waals surface area contributed by atoms with Gasteiger partial charge in [-0.25, -0.2) is 0 Å². The maximum Gasteiger partial charge on any atom is 0.0399 e. The second-order valence-corrected chi connectivity index (χ2v) is 5.51. The lowest BCUT2D eigenvalue weighted by atomic mass is 10.1. The Labute approximate surface area is 117 Å². The zero-order valence-electron chi connectivity index (χ0n) is 12.2. The van der Waals surface area contributed by atoms with Crippen molar-refractivity contribution in [3.63, 3.8) is 0 Å². The standard InChI is InChI=1S/C11H16N2.C5H11N/c1-10-9-11(5-6-12-10)13-7-3-2-4-8-13;1-2-4-6-5-3-1/h5-6,9H,2-4,7-8H2,1H3;6H,1-5H2. The number of aromatic nitrogens is 1. The molecule has 3 heterocycles. The van der Waals surface area contributed by atoms with Gasteiger partial charge in [0.2, 0.25) is 0 Å². The highest BCUT2D eigenvalue weighted by atomic mass is 15.1. The number of hydrogen-bond donors (Lipinski definition) is 1. The highest BCUT2D eigenvalue weighted by molar-refractivity contribution is 5.46. The topological polar surface area (TPSA) is 28.2 Å². The molecule has 2 aliphatic rings. The van der Waals surface area contributed by atoms with Crippen molar-refractivity contribution in [1.29, 1.82) is 0 Å². The van der Waals surface area contributed by atoms with E-state index in [-0.39, 0.29) is 0 Å². The summed E-state index contributed by atoms with van der Waals surface area (Å²) in [6.07, 6.45) is 10.2. The van der Waals surface area contributed by atoms with Gasteiger partial charge >= 0.3 is 0 Å². The summed E-state index contributed by atoms with van der Waals surface area (Å²) in [5.41, 5.74) is 2.45. The number of piperidine rings is 2. The van der Waals surface area contributed by atoms with Crippen LogP contribution in [0.2, 0.25) is 0 Å². The van der Waals surface area contributed by atoms with Gasteiger partial charge in [-0.15, -0.1) is 0 Å². The highest BCUT2D eigenvalue weighted by Crippen LogP contribution is 2.19. The molecule has 3 heteroatoms. The van der Waals surface area contributed by atoms with Gasteiger partial charge in [0.1, 0.15) is 0 Å². The normalized spacial score (nSPS) is 19.5. The lowest BCUT2D eigenvalue weighted by molar-refractivity contribution is 0.520. The van der Waals surface area contributed by atoms with Crippen molar-refractivity contribution in [2.45, 2.75) is 45.4 Å². The Hall–Kier alpha value is -1.09. The molecule has 0 unspecified atom stereocenters. The van der Waals surface area contributed by atoms with E-state index in [2.05, 4.69) is 27.3 Å². The first kappa shape index (κ1) is 14.3. The predicted octanol–water partition coefficient (Wildman–Crippen LogP) is 3.14. The maximum absolute atomic E-state index is 4.21. The van der Waals surface area contributed by atoms with Crippen LogP contribution in [0.5, 0.6) is 0 Å². The molecule has 1 aromatic heterocycles. The fourth-order valence-electron chi connectivity index (χ4n) is 2.68. The quantitative estimate of drug-likeness (QED) is 0.842. The Kier molecular flexibility index (Phi) is 6.15. The van der Waals surface area contributed by atoms with Crippen LogP contribution in [0.1, 0.15) is 44.2 Å². The van der Waals surface area contributed by atoms with Crippen molar-refractivity contribution >= 4 is 5.69 Å². The molecule has 0 amide bonds. The molecule has 3 nitrogen and oxygen atoms in total. The molecule has 2 fully saturated rings. The van der Waals surface area contributed by atoms with Crippen molar-refractivity contribution < 1.29 is 0 Å². The van der Waals surface area contributed by atoms with Crippen LogP contribution in [0, 0.1) is 6.92 Å². The van der Waals surface area contributed by atoms with Gasteiger partial charge in [-0.3, -0.25) is 4.98 Å². The first-order valence-corrected chi connectivity index (χ1v) is 7.74. The van der Waals surface area contributed by atoms with E-state index in [4.69, 9.17) is 0 Å². The van der Waals surface area contributed by atoms with Crippen LogP contribution in [0.15, 0.2) is 18.3 Å². The van der Waals surface area contributed by atoms with Crippen LogP contribution in [0.3, 0.4) is 0 Å². The van der Waals surface area contributed by atoms with Crippen LogP contribution in [0.25, 0.3) is 0 Å². The highest BCUT2D eigenvalue weighted by Gasteiger charge is 2.10. The van der Waals surface area contributed by atoms with Gasteiger partial charge in [0.05, 0.1) is 0 Å². The third kappa shape index (κ3) is 5.19. The molecule has 0 spiro atoms. The molecule has 19 heavy (non-hydrogen) atoms. The Morgan fingerprint density at radius 3 is 2.21 bits per heavy atom. The van der Waals surface area contributed by atoms with Crippen molar-refractivity contribution in [1.82, 2.24) is 10.3 Å². The largest absolute Gasteiger partial charge is 0.371 e. The lowest BCUT2D eigenvalue weighted by Crippen LogP contribution is -2.29. The molecular weight excluding hydrogens is 234 g/mol. The van der Waals surface area contributed by atoms with Gasteiger partial charge in [0, 0.05) is 30.7 Å². The summed E-state index contributed by atoms with van der Waals surface area (Å²) < 4.78 is 0. The zero-order chi connectivity index (χ0) is 13.3. The molecule has 0 aliphatic carbocycles. The van der Waals surface area contributed by atoms with E-state index in [1.54, 1.807) is 0 Å². The number of nitrogens with one attached hydrogen (secondary N) is 1. The van der Waals surface area contributed by atoms with Crippen LogP contribution < -0.4 is 10.2 Å². The van der Waals surface area contributed by atoms with Gasteiger partial charge in [0.25, 0.3) is 0 Å². The third-order valence-electron chi connectivity index (χ3n) is 3.81.